The number of rotatable bonds is 10. The first-order valence-corrected chi connectivity index (χ1v) is 9.53. The second kappa shape index (κ2) is 10.2. The summed E-state index contributed by atoms with van der Waals surface area (Å²) in [6.45, 7) is 5.59. The van der Waals surface area contributed by atoms with Gasteiger partial charge in [-0.1, -0.05) is 44.2 Å². The van der Waals surface area contributed by atoms with Crippen LogP contribution < -0.4 is 4.72 Å². The van der Waals surface area contributed by atoms with Crippen LogP contribution in [-0.2, 0) is 14.8 Å². The van der Waals surface area contributed by atoms with E-state index >= 15 is 0 Å². The van der Waals surface area contributed by atoms with Gasteiger partial charge in [0.2, 0.25) is 15.9 Å². The zero-order valence-corrected chi connectivity index (χ0v) is 14.7. The molecule has 0 saturated heterocycles. The summed E-state index contributed by atoms with van der Waals surface area (Å²) in [5, 5.41) is 1.13. The Balaban J connectivity index is 2.47. The Kier molecular flexibility index (Phi) is 8.58. The maximum atomic E-state index is 12.1. The molecular formula is C17H26N2O3S. The molecule has 0 aliphatic carbocycles. The summed E-state index contributed by atoms with van der Waals surface area (Å²) in [5.41, 5.74) is 0.811. The molecule has 1 rings (SSSR count). The van der Waals surface area contributed by atoms with E-state index in [2.05, 4.69) is 4.72 Å². The van der Waals surface area contributed by atoms with Gasteiger partial charge < -0.3 is 4.90 Å². The van der Waals surface area contributed by atoms with Gasteiger partial charge in [-0.05, 0) is 24.5 Å². The van der Waals surface area contributed by atoms with Crippen LogP contribution in [-0.4, -0.2) is 38.9 Å². The Labute approximate surface area is 139 Å². The molecule has 0 radical (unpaired) electrons. The molecule has 0 aliphatic heterocycles. The summed E-state index contributed by atoms with van der Waals surface area (Å²) < 4.78 is 26.2. The van der Waals surface area contributed by atoms with Gasteiger partial charge in [0.05, 0.1) is 0 Å². The van der Waals surface area contributed by atoms with E-state index in [1.54, 1.807) is 4.90 Å². The molecular weight excluding hydrogens is 312 g/mol. The van der Waals surface area contributed by atoms with Crippen molar-refractivity contribution in [2.75, 3.05) is 19.6 Å². The summed E-state index contributed by atoms with van der Waals surface area (Å²) >= 11 is 0. The highest BCUT2D eigenvalue weighted by Gasteiger charge is 2.12. The molecule has 0 bridgehead atoms. The zero-order valence-electron chi connectivity index (χ0n) is 13.9. The van der Waals surface area contributed by atoms with Gasteiger partial charge in [0.25, 0.3) is 0 Å². The molecule has 1 aromatic rings. The van der Waals surface area contributed by atoms with Crippen molar-refractivity contribution in [2.24, 2.45) is 0 Å². The normalized spacial score (nSPS) is 11.7. The Morgan fingerprint density at radius 1 is 1.13 bits per heavy atom. The van der Waals surface area contributed by atoms with E-state index in [4.69, 9.17) is 0 Å². The van der Waals surface area contributed by atoms with Crippen molar-refractivity contribution in [1.29, 1.82) is 0 Å². The van der Waals surface area contributed by atoms with Crippen molar-refractivity contribution < 1.29 is 13.2 Å². The van der Waals surface area contributed by atoms with Crippen LogP contribution in [0.5, 0.6) is 0 Å². The lowest BCUT2D eigenvalue weighted by Gasteiger charge is -2.21. The highest BCUT2D eigenvalue weighted by Crippen LogP contribution is 2.03. The summed E-state index contributed by atoms with van der Waals surface area (Å²) in [5.74, 6) is -0.0107. The first-order chi connectivity index (χ1) is 11.0. The minimum absolute atomic E-state index is 0.0107. The number of sulfonamides is 1. The number of benzene rings is 1. The molecule has 1 aromatic carbocycles. The largest absolute Gasteiger partial charge is 0.343 e. The predicted molar refractivity (Wildman–Crippen MR) is 94.2 cm³/mol. The highest BCUT2D eigenvalue weighted by molar-refractivity contribution is 7.92. The summed E-state index contributed by atoms with van der Waals surface area (Å²) in [7, 11) is -3.53. The third-order valence-electron chi connectivity index (χ3n) is 3.22. The molecule has 1 amide bonds. The zero-order chi connectivity index (χ0) is 17.1. The van der Waals surface area contributed by atoms with Crippen LogP contribution in [0.2, 0.25) is 0 Å². The number of amides is 1. The average molecular weight is 338 g/mol. The first kappa shape index (κ1) is 19.4. The highest BCUT2D eigenvalue weighted by atomic mass is 32.2. The van der Waals surface area contributed by atoms with Crippen molar-refractivity contribution in [1.82, 2.24) is 9.62 Å². The Morgan fingerprint density at radius 2 is 1.74 bits per heavy atom. The predicted octanol–water partition coefficient (Wildman–Crippen LogP) is 2.62. The molecule has 0 spiro atoms. The Bertz CT molecular complexity index is 592. The van der Waals surface area contributed by atoms with Gasteiger partial charge in [-0.3, -0.25) is 4.79 Å². The third kappa shape index (κ3) is 7.95. The van der Waals surface area contributed by atoms with Gasteiger partial charge in [0, 0.05) is 31.5 Å². The summed E-state index contributed by atoms with van der Waals surface area (Å²) in [6.07, 6.45) is 3.51. The van der Waals surface area contributed by atoms with Gasteiger partial charge >= 0.3 is 0 Å². The van der Waals surface area contributed by atoms with E-state index in [0.717, 1.165) is 23.8 Å². The van der Waals surface area contributed by atoms with Crippen molar-refractivity contribution in [3.05, 3.63) is 41.3 Å². The molecule has 0 saturated carbocycles. The minimum Gasteiger partial charge on any atom is -0.343 e. The molecule has 0 heterocycles. The SMILES string of the molecule is CCCN(CCC)C(=O)CCNS(=O)(=O)/C=C/c1ccccc1. The fourth-order valence-electron chi connectivity index (χ4n) is 2.14. The van der Waals surface area contributed by atoms with Crippen LogP contribution in [0.1, 0.15) is 38.7 Å². The summed E-state index contributed by atoms with van der Waals surface area (Å²) in [6, 6.07) is 9.20. The maximum absolute atomic E-state index is 12.1. The van der Waals surface area contributed by atoms with Gasteiger partial charge in [0.15, 0.2) is 0 Å². The monoisotopic (exact) mass is 338 g/mol. The number of carbonyl (C=O) groups is 1. The quantitative estimate of drug-likeness (QED) is 0.713. The maximum Gasteiger partial charge on any atom is 0.233 e. The van der Waals surface area contributed by atoms with Gasteiger partial charge in [-0.2, -0.15) is 0 Å². The van der Waals surface area contributed by atoms with Gasteiger partial charge in [-0.15, -0.1) is 0 Å². The number of carbonyl (C=O) groups excluding carboxylic acids is 1. The van der Waals surface area contributed by atoms with E-state index in [1.165, 1.54) is 6.08 Å². The van der Waals surface area contributed by atoms with Crippen molar-refractivity contribution in [3.63, 3.8) is 0 Å². The lowest BCUT2D eigenvalue weighted by Crippen LogP contribution is -2.35. The Hall–Kier alpha value is -1.66. The number of nitrogens with zero attached hydrogens (tertiary/aromatic N) is 1. The lowest BCUT2D eigenvalue weighted by atomic mass is 10.2. The van der Waals surface area contributed by atoms with Crippen LogP contribution in [0.4, 0.5) is 0 Å². The average Bonchev–Trinajstić information content (AvgIpc) is 2.53. The standard InChI is InChI=1S/C17H26N2O3S/c1-3-13-19(14-4-2)17(20)10-12-18-23(21,22)15-11-16-8-6-5-7-9-16/h5-9,11,15,18H,3-4,10,12-14H2,1-2H3/b15-11+. The van der Waals surface area contributed by atoms with Crippen LogP contribution in [0.15, 0.2) is 35.7 Å². The van der Waals surface area contributed by atoms with Crippen molar-refractivity contribution >= 4 is 22.0 Å². The van der Waals surface area contributed by atoms with Gasteiger partial charge in [-0.25, -0.2) is 13.1 Å². The van der Waals surface area contributed by atoms with Gasteiger partial charge in [0.1, 0.15) is 0 Å². The fraction of sp³-hybridized carbons (Fsp3) is 0.471. The van der Waals surface area contributed by atoms with E-state index in [-0.39, 0.29) is 18.9 Å². The third-order valence-corrected chi connectivity index (χ3v) is 4.32. The van der Waals surface area contributed by atoms with Crippen molar-refractivity contribution in [2.45, 2.75) is 33.1 Å². The molecule has 1 N–H and O–H groups in total. The fourth-order valence-corrected chi connectivity index (χ4v) is 2.96. The second-order valence-corrected chi connectivity index (χ2v) is 6.93. The molecule has 0 aliphatic rings. The van der Waals surface area contributed by atoms with Crippen LogP contribution in [0.3, 0.4) is 0 Å². The minimum atomic E-state index is -3.53. The van der Waals surface area contributed by atoms with E-state index in [1.807, 2.05) is 44.2 Å². The number of hydrogen-bond acceptors (Lipinski definition) is 3. The lowest BCUT2D eigenvalue weighted by molar-refractivity contribution is -0.131. The second-order valence-electron chi connectivity index (χ2n) is 5.28. The molecule has 0 fully saturated rings. The van der Waals surface area contributed by atoms with E-state index < -0.39 is 10.0 Å². The van der Waals surface area contributed by atoms with Crippen LogP contribution in [0.25, 0.3) is 6.08 Å². The van der Waals surface area contributed by atoms with Crippen molar-refractivity contribution in [3.8, 4) is 0 Å². The van der Waals surface area contributed by atoms with Crippen LogP contribution in [0, 0.1) is 0 Å². The summed E-state index contributed by atoms with van der Waals surface area (Å²) in [4.78, 5) is 13.8. The first-order valence-electron chi connectivity index (χ1n) is 7.99. The smallest absolute Gasteiger partial charge is 0.233 e. The topological polar surface area (TPSA) is 66.5 Å². The Morgan fingerprint density at radius 3 is 2.30 bits per heavy atom. The molecule has 23 heavy (non-hydrogen) atoms. The molecule has 5 nitrogen and oxygen atoms in total. The number of hydrogen-bond donors (Lipinski definition) is 1. The molecule has 128 valence electrons. The number of nitrogens with one attached hydrogen (secondary N) is 1. The molecule has 0 aromatic heterocycles. The molecule has 6 heteroatoms. The van der Waals surface area contributed by atoms with Crippen LogP contribution >= 0.6 is 0 Å². The molecule has 0 atom stereocenters. The van der Waals surface area contributed by atoms with E-state index in [9.17, 15) is 13.2 Å². The van der Waals surface area contributed by atoms with E-state index in [0.29, 0.717) is 13.1 Å². The molecule has 0 unspecified atom stereocenters.